The van der Waals surface area contributed by atoms with Gasteiger partial charge in [-0.05, 0) is 103 Å². The summed E-state index contributed by atoms with van der Waals surface area (Å²) < 4.78 is 2.60. The first-order valence-electron chi connectivity index (χ1n) is 18.8. The minimum Gasteiger partial charge on any atom is -0.309 e. The molecular weight excluding hydrogens is 639 g/mol. The van der Waals surface area contributed by atoms with Crippen LogP contribution in [0.25, 0.3) is 72.0 Å². The summed E-state index contributed by atoms with van der Waals surface area (Å²) in [7, 11) is 0. The van der Waals surface area contributed by atoms with Crippen molar-refractivity contribution in [1.29, 1.82) is 0 Å². The number of benzene rings is 8. The number of hydrogen-bond donors (Lipinski definition) is 0. The van der Waals surface area contributed by atoms with Crippen LogP contribution in [0.1, 0.15) is 47.2 Å². The lowest BCUT2D eigenvalue weighted by Gasteiger charge is -2.31. The molecule has 9 aromatic rings. The van der Waals surface area contributed by atoms with E-state index in [0.29, 0.717) is 0 Å². The molecule has 0 atom stereocenters. The van der Waals surface area contributed by atoms with E-state index >= 15 is 0 Å². The second-order valence-electron chi connectivity index (χ2n) is 15.6. The molecule has 248 valence electrons. The number of fused-ring (bicyclic) bond motifs is 16. The van der Waals surface area contributed by atoms with Crippen LogP contribution in [-0.2, 0) is 10.8 Å². The molecule has 1 heteroatoms. The van der Waals surface area contributed by atoms with Crippen molar-refractivity contribution < 1.29 is 0 Å². The number of rotatable bonds is 2. The minimum atomic E-state index is -0.442. The van der Waals surface area contributed by atoms with Gasteiger partial charge in [-0.25, -0.2) is 0 Å². The Balaban J connectivity index is 1.27. The van der Waals surface area contributed by atoms with Crippen molar-refractivity contribution in [3.63, 3.8) is 0 Å². The Hall–Kier alpha value is -6.44. The van der Waals surface area contributed by atoms with Crippen LogP contribution >= 0.6 is 0 Å². The lowest BCUT2D eigenvalue weighted by molar-refractivity contribution is 0.661. The normalized spacial score (nSPS) is 14.9. The fraction of sp³-hybridized carbons (Fsp3) is 0.0769. The molecule has 0 N–H and O–H groups in total. The molecule has 0 saturated heterocycles. The van der Waals surface area contributed by atoms with Gasteiger partial charge < -0.3 is 4.57 Å². The third-order valence-corrected chi connectivity index (χ3v) is 12.8. The molecule has 0 bridgehead atoms. The summed E-state index contributed by atoms with van der Waals surface area (Å²) in [5, 5.41) is 2.58. The average molecular weight is 674 g/mol. The number of aromatic nitrogens is 1. The van der Waals surface area contributed by atoms with Crippen LogP contribution in [0, 0.1) is 0 Å². The lowest BCUT2D eigenvalue weighted by atomic mass is 9.70. The maximum atomic E-state index is 2.60. The molecular formula is C52H35N. The van der Waals surface area contributed by atoms with Crippen molar-refractivity contribution >= 4 is 21.8 Å². The molecule has 8 aromatic carbocycles. The van der Waals surface area contributed by atoms with Crippen molar-refractivity contribution in [3.05, 3.63) is 209 Å². The largest absolute Gasteiger partial charge is 0.309 e. The molecule has 0 saturated carbocycles. The van der Waals surface area contributed by atoms with Gasteiger partial charge in [0.2, 0.25) is 0 Å². The molecule has 0 aliphatic heterocycles. The number of para-hydroxylation sites is 1. The molecule has 3 aliphatic carbocycles. The van der Waals surface area contributed by atoms with E-state index in [0.717, 1.165) is 0 Å². The Bertz CT molecular complexity index is 2980. The van der Waals surface area contributed by atoms with E-state index in [9.17, 15) is 0 Å². The molecule has 0 unspecified atom stereocenters. The Labute approximate surface area is 309 Å². The molecule has 1 spiro atoms. The topological polar surface area (TPSA) is 4.93 Å². The van der Waals surface area contributed by atoms with Crippen LogP contribution in [0.2, 0.25) is 0 Å². The van der Waals surface area contributed by atoms with Crippen molar-refractivity contribution in [2.45, 2.75) is 24.7 Å². The predicted octanol–water partition coefficient (Wildman–Crippen LogP) is 13.1. The van der Waals surface area contributed by atoms with Crippen LogP contribution in [0.15, 0.2) is 176 Å². The van der Waals surface area contributed by atoms with Gasteiger partial charge >= 0.3 is 0 Å². The zero-order valence-corrected chi connectivity index (χ0v) is 29.7. The molecule has 0 amide bonds. The molecule has 3 aliphatic rings. The average Bonchev–Trinajstić information content (AvgIpc) is 3.88. The molecule has 53 heavy (non-hydrogen) atoms. The molecule has 1 heterocycles. The van der Waals surface area contributed by atoms with Gasteiger partial charge in [-0.15, -0.1) is 0 Å². The fourth-order valence-corrected chi connectivity index (χ4v) is 10.6. The summed E-state index contributed by atoms with van der Waals surface area (Å²) >= 11 is 0. The van der Waals surface area contributed by atoms with Gasteiger partial charge in [-0.3, -0.25) is 0 Å². The molecule has 0 radical (unpaired) electrons. The highest BCUT2D eigenvalue weighted by Crippen LogP contribution is 2.64. The Morgan fingerprint density at radius 1 is 0.358 bits per heavy atom. The number of nitrogens with zero attached hydrogens (tertiary/aromatic N) is 1. The standard InChI is InChI=1S/C52H35N/c1-51(2)41-23-11-6-20-36(41)39-30-40-37-21-10-15-27-47(37)53(48(40)31-45(39)51)49-29-33(32-16-4-3-5-17-32)28-46-50(49)38-22-9-14-26-44(38)52(46)42-24-12-7-18-34(42)35-19-8-13-25-43(35)52/h3-31H,1-2H3. The van der Waals surface area contributed by atoms with Gasteiger partial charge in [0.15, 0.2) is 0 Å². The van der Waals surface area contributed by atoms with E-state index in [4.69, 9.17) is 0 Å². The maximum Gasteiger partial charge on any atom is 0.0726 e. The first kappa shape index (κ1) is 29.2. The predicted molar refractivity (Wildman–Crippen MR) is 220 cm³/mol. The van der Waals surface area contributed by atoms with Gasteiger partial charge in [-0.1, -0.05) is 159 Å². The van der Waals surface area contributed by atoms with Crippen LogP contribution in [0.5, 0.6) is 0 Å². The first-order valence-corrected chi connectivity index (χ1v) is 18.8. The smallest absolute Gasteiger partial charge is 0.0726 e. The highest BCUT2D eigenvalue weighted by molar-refractivity contribution is 6.13. The first-order chi connectivity index (χ1) is 26.1. The van der Waals surface area contributed by atoms with E-state index in [1.807, 2.05) is 0 Å². The van der Waals surface area contributed by atoms with Crippen LogP contribution < -0.4 is 0 Å². The third-order valence-electron chi connectivity index (χ3n) is 12.8. The summed E-state index contributed by atoms with van der Waals surface area (Å²) in [5.74, 6) is 0. The second kappa shape index (κ2) is 10.1. The lowest BCUT2D eigenvalue weighted by Crippen LogP contribution is -2.26. The quantitative estimate of drug-likeness (QED) is 0.172. The fourth-order valence-electron chi connectivity index (χ4n) is 10.6. The van der Waals surface area contributed by atoms with Crippen molar-refractivity contribution in [1.82, 2.24) is 4.57 Å². The Kier molecular flexibility index (Phi) is 5.57. The molecule has 1 aromatic heterocycles. The van der Waals surface area contributed by atoms with E-state index < -0.39 is 5.41 Å². The van der Waals surface area contributed by atoms with Crippen molar-refractivity contribution in [2.24, 2.45) is 0 Å². The Morgan fingerprint density at radius 2 is 0.906 bits per heavy atom. The van der Waals surface area contributed by atoms with Gasteiger partial charge in [0.1, 0.15) is 0 Å². The summed E-state index contributed by atoms with van der Waals surface area (Å²) in [6.07, 6.45) is 0. The summed E-state index contributed by atoms with van der Waals surface area (Å²) in [5.41, 5.74) is 21.8. The highest BCUT2D eigenvalue weighted by atomic mass is 15.0. The molecule has 1 nitrogen and oxygen atoms in total. The van der Waals surface area contributed by atoms with E-state index in [1.54, 1.807) is 0 Å². The van der Waals surface area contributed by atoms with Crippen LogP contribution in [0.4, 0.5) is 0 Å². The van der Waals surface area contributed by atoms with Crippen molar-refractivity contribution in [2.75, 3.05) is 0 Å². The molecule has 12 rings (SSSR count). The SMILES string of the molecule is CC1(C)c2ccccc2-c2cc3c4ccccc4n(-c4cc(-c5ccccc5)cc5c4-c4ccccc4C54c5ccccc5-c5ccccc54)c3cc21. The Morgan fingerprint density at radius 3 is 1.60 bits per heavy atom. The van der Waals surface area contributed by atoms with Gasteiger partial charge in [-0.2, -0.15) is 0 Å². The van der Waals surface area contributed by atoms with Gasteiger partial charge in [0, 0.05) is 21.8 Å². The molecule has 0 fully saturated rings. The highest BCUT2D eigenvalue weighted by Gasteiger charge is 2.52. The summed E-state index contributed by atoms with van der Waals surface area (Å²) in [6.45, 7) is 4.78. The van der Waals surface area contributed by atoms with E-state index in [2.05, 4.69) is 194 Å². The second-order valence-corrected chi connectivity index (χ2v) is 15.6. The van der Waals surface area contributed by atoms with Gasteiger partial charge in [0.25, 0.3) is 0 Å². The minimum absolute atomic E-state index is 0.108. The third kappa shape index (κ3) is 3.53. The van der Waals surface area contributed by atoms with E-state index in [1.165, 1.54) is 105 Å². The van der Waals surface area contributed by atoms with Gasteiger partial charge in [0.05, 0.1) is 22.1 Å². The monoisotopic (exact) mass is 673 g/mol. The summed E-state index contributed by atoms with van der Waals surface area (Å²) in [4.78, 5) is 0. The summed E-state index contributed by atoms with van der Waals surface area (Å²) in [6, 6.07) is 66.4. The van der Waals surface area contributed by atoms with Crippen LogP contribution in [-0.4, -0.2) is 4.57 Å². The zero-order valence-electron chi connectivity index (χ0n) is 29.7. The van der Waals surface area contributed by atoms with Crippen LogP contribution in [0.3, 0.4) is 0 Å². The zero-order chi connectivity index (χ0) is 35.1. The maximum absolute atomic E-state index is 2.60. The van der Waals surface area contributed by atoms with Crippen molar-refractivity contribution in [3.8, 4) is 50.2 Å². The number of hydrogen-bond acceptors (Lipinski definition) is 0. The van der Waals surface area contributed by atoms with E-state index in [-0.39, 0.29) is 5.41 Å².